The van der Waals surface area contributed by atoms with Crippen LogP contribution in [0.25, 0.3) is 0 Å². The average molecular weight is 402 g/mol. The highest BCUT2D eigenvalue weighted by Crippen LogP contribution is 2.42. The molecule has 1 aliphatic heterocycles. The summed E-state index contributed by atoms with van der Waals surface area (Å²) in [6.07, 6.45) is 7.67. The fraction of sp³-hybridized carbons (Fsp3) is 0.636. The van der Waals surface area contributed by atoms with Crippen molar-refractivity contribution in [2.24, 2.45) is 0 Å². The summed E-state index contributed by atoms with van der Waals surface area (Å²) in [7, 11) is 1.69. The van der Waals surface area contributed by atoms with E-state index in [1.807, 2.05) is 6.07 Å². The standard InChI is InChI=1S/C21H28N2O2.CH2O3/c1-24-19-9-6-16(14-20(19)25-18-4-2-3-5-18)21(15-22)10-12-23(13-11-21)17-7-8-17;2-1(3)4/h6,9,14,17-18H,2-5,7-8,10-13H2,1H3;(H2,2,3,4). The Morgan fingerprint density at radius 3 is 2.28 bits per heavy atom. The number of nitrogens with zero attached hydrogens (tertiary/aromatic N) is 2. The average Bonchev–Trinajstić information content (AvgIpc) is 3.44. The summed E-state index contributed by atoms with van der Waals surface area (Å²) in [4.78, 5) is 11.1. The molecule has 4 rings (SSSR count). The summed E-state index contributed by atoms with van der Waals surface area (Å²) in [6, 6.07) is 9.56. The molecule has 158 valence electrons. The fourth-order valence-electron chi connectivity index (χ4n) is 4.43. The lowest BCUT2D eigenvalue weighted by Gasteiger charge is -2.38. The van der Waals surface area contributed by atoms with Crippen LogP contribution in [0, 0.1) is 11.3 Å². The van der Waals surface area contributed by atoms with Gasteiger partial charge in [-0.2, -0.15) is 5.26 Å². The number of rotatable bonds is 5. The Hall–Kier alpha value is -2.46. The molecule has 29 heavy (non-hydrogen) atoms. The molecule has 0 unspecified atom stereocenters. The third kappa shape index (κ3) is 5.33. The van der Waals surface area contributed by atoms with Crippen LogP contribution in [-0.4, -0.2) is 53.6 Å². The molecule has 1 aromatic rings. The molecule has 0 aromatic heterocycles. The van der Waals surface area contributed by atoms with Crippen molar-refractivity contribution in [1.82, 2.24) is 4.90 Å². The van der Waals surface area contributed by atoms with Crippen LogP contribution in [0.15, 0.2) is 18.2 Å². The van der Waals surface area contributed by atoms with Gasteiger partial charge in [0.2, 0.25) is 0 Å². The molecule has 7 heteroatoms. The van der Waals surface area contributed by atoms with E-state index in [0.717, 1.165) is 61.9 Å². The first-order valence-corrected chi connectivity index (χ1v) is 10.4. The molecule has 3 fully saturated rings. The van der Waals surface area contributed by atoms with Crippen LogP contribution in [0.2, 0.25) is 0 Å². The third-order valence-corrected chi connectivity index (χ3v) is 6.24. The van der Waals surface area contributed by atoms with Crippen molar-refractivity contribution in [3.8, 4) is 17.6 Å². The second kappa shape index (κ2) is 9.36. The van der Waals surface area contributed by atoms with Crippen molar-refractivity contribution < 1.29 is 24.5 Å². The van der Waals surface area contributed by atoms with Crippen molar-refractivity contribution in [2.75, 3.05) is 20.2 Å². The molecule has 1 aromatic carbocycles. The highest BCUT2D eigenvalue weighted by atomic mass is 16.6. The summed E-state index contributed by atoms with van der Waals surface area (Å²) >= 11 is 0. The Bertz CT molecular complexity index is 738. The van der Waals surface area contributed by atoms with Gasteiger partial charge in [0.05, 0.1) is 24.7 Å². The maximum atomic E-state index is 10.00. The number of hydrogen-bond donors (Lipinski definition) is 2. The minimum atomic E-state index is -1.83. The maximum Gasteiger partial charge on any atom is 0.503 e. The smallest absolute Gasteiger partial charge is 0.493 e. The molecule has 0 atom stereocenters. The molecule has 2 saturated carbocycles. The van der Waals surface area contributed by atoms with E-state index in [1.165, 1.54) is 25.7 Å². The zero-order chi connectivity index (χ0) is 20.9. The van der Waals surface area contributed by atoms with Crippen LogP contribution >= 0.6 is 0 Å². The predicted molar refractivity (Wildman–Crippen MR) is 108 cm³/mol. The molecule has 0 amide bonds. The Morgan fingerprint density at radius 1 is 1.14 bits per heavy atom. The summed E-state index contributed by atoms with van der Waals surface area (Å²) in [5.74, 6) is 1.59. The quantitative estimate of drug-likeness (QED) is 0.758. The molecule has 7 nitrogen and oxygen atoms in total. The molecule has 0 bridgehead atoms. The molecule has 1 saturated heterocycles. The van der Waals surface area contributed by atoms with E-state index in [9.17, 15) is 5.26 Å². The van der Waals surface area contributed by atoms with Crippen molar-refractivity contribution >= 4 is 6.16 Å². The van der Waals surface area contributed by atoms with Crippen molar-refractivity contribution in [2.45, 2.75) is 68.9 Å². The number of benzene rings is 1. The van der Waals surface area contributed by atoms with Crippen molar-refractivity contribution in [1.29, 1.82) is 5.26 Å². The first-order chi connectivity index (χ1) is 14.0. The summed E-state index contributed by atoms with van der Waals surface area (Å²) < 4.78 is 11.7. The van der Waals surface area contributed by atoms with Gasteiger partial charge in [-0.05, 0) is 69.1 Å². The number of methoxy groups -OCH3 is 1. The Kier molecular flexibility index (Phi) is 6.86. The van der Waals surface area contributed by atoms with Gasteiger partial charge in [-0.3, -0.25) is 0 Å². The molecule has 3 aliphatic rings. The van der Waals surface area contributed by atoms with E-state index in [4.69, 9.17) is 24.5 Å². The number of carbonyl (C=O) groups is 1. The van der Waals surface area contributed by atoms with Crippen molar-refractivity contribution in [3.05, 3.63) is 23.8 Å². The van der Waals surface area contributed by atoms with Crippen LogP contribution in [0.1, 0.15) is 56.9 Å². The normalized spacial score (nSPS) is 21.5. The SMILES string of the molecule is COc1ccc(C2(C#N)CCN(C3CC3)CC2)cc1OC1CCCC1.O=C(O)O. The molecular weight excluding hydrogens is 372 g/mol. The van der Waals surface area contributed by atoms with Crippen molar-refractivity contribution in [3.63, 3.8) is 0 Å². The largest absolute Gasteiger partial charge is 0.503 e. The summed E-state index contributed by atoms with van der Waals surface area (Å²) in [5.41, 5.74) is 0.713. The molecular formula is C22H30N2O5. The lowest BCUT2D eigenvalue weighted by Crippen LogP contribution is -2.42. The highest BCUT2D eigenvalue weighted by molar-refractivity contribution is 5.53. The first kappa shape index (κ1) is 21.3. The summed E-state index contributed by atoms with van der Waals surface area (Å²) in [6.45, 7) is 2.06. The predicted octanol–water partition coefficient (Wildman–Crippen LogP) is 4.26. The maximum absolute atomic E-state index is 10.00. The molecule has 0 radical (unpaired) electrons. The van der Waals surface area contributed by atoms with Crippen LogP contribution < -0.4 is 9.47 Å². The Balaban J connectivity index is 0.000000552. The molecule has 0 spiro atoms. The lowest BCUT2D eigenvalue weighted by atomic mass is 9.74. The van der Waals surface area contributed by atoms with Gasteiger partial charge in [0.25, 0.3) is 0 Å². The van der Waals surface area contributed by atoms with Gasteiger partial charge in [0.15, 0.2) is 11.5 Å². The first-order valence-electron chi connectivity index (χ1n) is 10.4. The highest BCUT2D eigenvalue weighted by Gasteiger charge is 2.40. The third-order valence-electron chi connectivity index (χ3n) is 6.24. The Morgan fingerprint density at radius 2 is 1.76 bits per heavy atom. The Labute approximate surface area is 171 Å². The number of piperidine rings is 1. The van der Waals surface area contributed by atoms with E-state index in [2.05, 4.69) is 23.1 Å². The molecule has 2 N–H and O–H groups in total. The van der Waals surface area contributed by atoms with Gasteiger partial charge in [0.1, 0.15) is 0 Å². The van der Waals surface area contributed by atoms with E-state index >= 15 is 0 Å². The molecule has 1 heterocycles. The van der Waals surface area contributed by atoms with E-state index in [-0.39, 0.29) is 5.41 Å². The minimum absolute atomic E-state index is 0.291. The van der Waals surface area contributed by atoms with Crippen LogP contribution in [-0.2, 0) is 5.41 Å². The fourth-order valence-corrected chi connectivity index (χ4v) is 4.43. The summed E-state index contributed by atoms with van der Waals surface area (Å²) in [5, 5.41) is 23.9. The number of nitriles is 1. The lowest BCUT2D eigenvalue weighted by molar-refractivity contribution is 0.137. The zero-order valence-corrected chi connectivity index (χ0v) is 17.0. The van der Waals surface area contributed by atoms with Crippen LogP contribution in [0.5, 0.6) is 11.5 Å². The minimum Gasteiger partial charge on any atom is -0.493 e. The monoisotopic (exact) mass is 402 g/mol. The zero-order valence-electron chi connectivity index (χ0n) is 17.0. The van der Waals surface area contributed by atoms with Gasteiger partial charge >= 0.3 is 6.16 Å². The molecule has 2 aliphatic carbocycles. The number of carboxylic acid groups (broad SMARTS) is 2. The van der Waals surface area contributed by atoms with Gasteiger partial charge in [0, 0.05) is 19.1 Å². The second-order valence-electron chi connectivity index (χ2n) is 8.13. The number of ether oxygens (including phenoxy) is 2. The second-order valence-corrected chi connectivity index (χ2v) is 8.13. The van der Waals surface area contributed by atoms with Gasteiger partial charge < -0.3 is 24.6 Å². The number of likely N-dealkylation sites (tertiary alicyclic amines) is 1. The van der Waals surface area contributed by atoms with E-state index in [1.54, 1.807) is 7.11 Å². The number of hydrogen-bond acceptors (Lipinski definition) is 5. The van der Waals surface area contributed by atoms with Gasteiger partial charge in [-0.1, -0.05) is 6.07 Å². The van der Waals surface area contributed by atoms with Gasteiger partial charge in [-0.15, -0.1) is 0 Å². The van der Waals surface area contributed by atoms with E-state index < -0.39 is 6.16 Å². The van der Waals surface area contributed by atoms with Gasteiger partial charge in [-0.25, -0.2) is 4.79 Å². The van der Waals surface area contributed by atoms with Crippen LogP contribution in [0.3, 0.4) is 0 Å². The topological polar surface area (TPSA) is 103 Å². The van der Waals surface area contributed by atoms with E-state index in [0.29, 0.717) is 6.10 Å². The van der Waals surface area contributed by atoms with Crippen LogP contribution in [0.4, 0.5) is 4.79 Å².